The number of likely N-dealkylation sites (tertiary alicyclic amines) is 1. The van der Waals surface area contributed by atoms with Gasteiger partial charge in [-0.2, -0.15) is 0 Å². The van der Waals surface area contributed by atoms with E-state index in [4.69, 9.17) is 0 Å². The monoisotopic (exact) mass is 485 g/mol. The number of hydrogen-bond acceptors (Lipinski definition) is 3. The lowest BCUT2D eigenvalue weighted by Gasteiger charge is -2.34. The van der Waals surface area contributed by atoms with Gasteiger partial charge in [0, 0.05) is 33.2 Å². The molecule has 1 aromatic rings. The van der Waals surface area contributed by atoms with Crippen molar-refractivity contribution in [1.29, 1.82) is 0 Å². The molecule has 2 aliphatic rings. The van der Waals surface area contributed by atoms with Crippen molar-refractivity contribution in [3.05, 3.63) is 35.9 Å². The number of imide groups is 1. The Morgan fingerprint density at radius 1 is 1.22 bits per heavy atom. The highest BCUT2D eigenvalue weighted by Gasteiger charge is 2.28. The molecular weight excluding hydrogens is 457 g/mol. The van der Waals surface area contributed by atoms with Gasteiger partial charge in [0.1, 0.15) is 0 Å². The molecule has 0 spiro atoms. The number of halogens is 1. The van der Waals surface area contributed by atoms with E-state index in [2.05, 4.69) is 50.9 Å². The second-order valence-electron chi connectivity index (χ2n) is 6.80. The number of rotatable bonds is 5. The molecule has 1 aromatic carbocycles. The number of guanidine groups is 1. The minimum Gasteiger partial charge on any atom is -0.354 e. The summed E-state index contributed by atoms with van der Waals surface area (Å²) < 4.78 is 0. The van der Waals surface area contributed by atoms with Gasteiger partial charge in [0.05, 0.1) is 6.54 Å². The number of carbonyl (C=O) groups is 2. The Morgan fingerprint density at radius 2 is 1.93 bits per heavy atom. The molecule has 8 heteroatoms. The van der Waals surface area contributed by atoms with Crippen LogP contribution in [0, 0.1) is 5.92 Å². The highest BCUT2D eigenvalue weighted by Crippen LogP contribution is 2.21. The fourth-order valence-corrected chi connectivity index (χ4v) is 3.59. The first kappa shape index (κ1) is 21.5. The third kappa shape index (κ3) is 5.82. The molecule has 0 aromatic heterocycles. The molecular formula is C19H28IN5O2. The van der Waals surface area contributed by atoms with E-state index in [9.17, 15) is 9.59 Å². The molecule has 148 valence electrons. The highest BCUT2D eigenvalue weighted by atomic mass is 127. The largest absolute Gasteiger partial charge is 0.354 e. The van der Waals surface area contributed by atoms with Gasteiger partial charge in [0.2, 0.25) is 5.91 Å². The van der Waals surface area contributed by atoms with Gasteiger partial charge in [0.25, 0.3) is 0 Å². The van der Waals surface area contributed by atoms with Crippen LogP contribution in [0.1, 0.15) is 18.4 Å². The van der Waals surface area contributed by atoms with Gasteiger partial charge in [-0.05, 0) is 30.7 Å². The van der Waals surface area contributed by atoms with E-state index in [1.54, 1.807) is 7.05 Å². The number of aliphatic imine (C=N–C) groups is 1. The number of piperidine rings is 1. The Labute approximate surface area is 177 Å². The van der Waals surface area contributed by atoms with Crippen LogP contribution in [0.3, 0.4) is 0 Å². The second kappa shape index (κ2) is 10.5. The van der Waals surface area contributed by atoms with Crippen LogP contribution in [0.5, 0.6) is 0 Å². The Kier molecular flexibility index (Phi) is 8.33. The number of carbonyl (C=O) groups excluding carboxylic acids is 2. The van der Waals surface area contributed by atoms with E-state index >= 15 is 0 Å². The molecule has 7 nitrogen and oxygen atoms in total. The molecule has 0 atom stereocenters. The zero-order valence-corrected chi connectivity index (χ0v) is 18.0. The van der Waals surface area contributed by atoms with Crippen LogP contribution in [0.2, 0.25) is 0 Å². The van der Waals surface area contributed by atoms with Crippen molar-refractivity contribution in [2.45, 2.75) is 19.3 Å². The molecule has 0 bridgehead atoms. The zero-order chi connectivity index (χ0) is 18.4. The number of benzene rings is 1. The first-order valence-electron chi connectivity index (χ1n) is 9.25. The van der Waals surface area contributed by atoms with Gasteiger partial charge in [-0.3, -0.25) is 14.7 Å². The molecule has 0 radical (unpaired) electrons. The lowest BCUT2D eigenvalue weighted by molar-refractivity contribution is -0.124. The summed E-state index contributed by atoms with van der Waals surface area (Å²) in [5, 5.41) is 5.80. The predicted molar refractivity (Wildman–Crippen MR) is 116 cm³/mol. The van der Waals surface area contributed by atoms with Gasteiger partial charge < -0.3 is 15.5 Å². The minimum atomic E-state index is -0.312. The first-order chi connectivity index (χ1) is 12.7. The fourth-order valence-electron chi connectivity index (χ4n) is 3.59. The summed E-state index contributed by atoms with van der Waals surface area (Å²) >= 11 is 0. The molecule has 2 N–H and O–H groups in total. The summed E-state index contributed by atoms with van der Waals surface area (Å²) in [6, 6.07) is 10.3. The van der Waals surface area contributed by atoms with Crippen LogP contribution >= 0.6 is 24.0 Å². The van der Waals surface area contributed by atoms with Crippen molar-refractivity contribution in [3.63, 3.8) is 0 Å². The Hall–Kier alpha value is -1.84. The van der Waals surface area contributed by atoms with E-state index in [0.717, 1.165) is 38.3 Å². The van der Waals surface area contributed by atoms with E-state index in [1.807, 2.05) is 0 Å². The average molecular weight is 485 g/mol. The number of nitrogens with one attached hydrogen (secondary N) is 2. The third-order valence-corrected chi connectivity index (χ3v) is 5.05. The van der Waals surface area contributed by atoms with Crippen molar-refractivity contribution >= 4 is 41.9 Å². The third-order valence-electron chi connectivity index (χ3n) is 5.05. The summed E-state index contributed by atoms with van der Waals surface area (Å²) in [5.41, 5.74) is 1.40. The molecule has 3 amide bonds. The molecule has 2 heterocycles. The summed E-state index contributed by atoms with van der Waals surface area (Å²) in [5.74, 6) is 1.38. The van der Waals surface area contributed by atoms with Crippen molar-refractivity contribution in [3.8, 4) is 0 Å². The van der Waals surface area contributed by atoms with Gasteiger partial charge in [0.15, 0.2) is 5.96 Å². The molecule has 0 aliphatic carbocycles. The normalized spacial score (nSPS) is 18.3. The van der Waals surface area contributed by atoms with Crippen molar-refractivity contribution in [2.24, 2.45) is 10.9 Å². The van der Waals surface area contributed by atoms with E-state index in [1.165, 1.54) is 10.5 Å². The maximum atomic E-state index is 11.6. The lowest BCUT2D eigenvalue weighted by Crippen LogP contribution is -2.48. The number of urea groups is 1. The number of amides is 3. The smallest absolute Gasteiger partial charge is 0.324 e. The number of nitrogens with zero attached hydrogens (tertiary/aromatic N) is 3. The second-order valence-corrected chi connectivity index (χ2v) is 6.80. The van der Waals surface area contributed by atoms with Crippen LogP contribution in [-0.2, 0) is 11.2 Å². The summed E-state index contributed by atoms with van der Waals surface area (Å²) in [4.78, 5) is 31.0. The first-order valence-corrected chi connectivity index (χ1v) is 9.25. The average Bonchev–Trinajstić information content (AvgIpc) is 2.99. The topological polar surface area (TPSA) is 77.0 Å². The maximum Gasteiger partial charge on any atom is 0.324 e. The lowest BCUT2D eigenvalue weighted by atomic mass is 9.90. The van der Waals surface area contributed by atoms with Gasteiger partial charge in [-0.1, -0.05) is 30.3 Å². The van der Waals surface area contributed by atoms with E-state index in [0.29, 0.717) is 19.0 Å². The van der Waals surface area contributed by atoms with Crippen molar-refractivity contribution in [1.82, 2.24) is 20.4 Å². The van der Waals surface area contributed by atoms with Crippen LogP contribution in [-0.4, -0.2) is 67.5 Å². The number of hydrogen-bond donors (Lipinski definition) is 2. The molecule has 2 aliphatic heterocycles. The SMILES string of the molecule is CN=C(NCCN1C(=O)CNC1=O)N1CCC(Cc2ccccc2)CC1.I. The standard InChI is InChI=1S/C19H27N5O2.HI/c1-20-18(21-9-12-24-17(25)14-22-19(24)26)23-10-7-16(8-11-23)13-15-5-3-2-4-6-15;/h2-6,16H,7-14H2,1H3,(H,20,21)(H,22,26);1H. The maximum absolute atomic E-state index is 11.6. The summed E-state index contributed by atoms with van der Waals surface area (Å²) in [7, 11) is 1.77. The molecule has 0 unspecified atom stereocenters. The van der Waals surface area contributed by atoms with E-state index in [-0.39, 0.29) is 42.5 Å². The quantitative estimate of drug-likeness (QED) is 0.288. The van der Waals surface area contributed by atoms with Crippen LogP contribution < -0.4 is 10.6 Å². The summed E-state index contributed by atoms with van der Waals surface area (Å²) in [6.45, 7) is 2.91. The van der Waals surface area contributed by atoms with Crippen LogP contribution in [0.15, 0.2) is 35.3 Å². The molecule has 2 saturated heterocycles. The van der Waals surface area contributed by atoms with Crippen molar-refractivity contribution in [2.75, 3.05) is 39.8 Å². The van der Waals surface area contributed by atoms with Crippen molar-refractivity contribution < 1.29 is 9.59 Å². The molecule has 3 rings (SSSR count). The Balaban J connectivity index is 0.00000261. The summed E-state index contributed by atoms with van der Waals surface area (Å²) in [6.07, 6.45) is 3.41. The minimum absolute atomic E-state index is 0. The molecule has 2 fully saturated rings. The van der Waals surface area contributed by atoms with Gasteiger partial charge in [-0.25, -0.2) is 4.79 Å². The van der Waals surface area contributed by atoms with Crippen LogP contribution in [0.4, 0.5) is 4.79 Å². The molecule has 0 saturated carbocycles. The Bertz CT molecular complexity index is 643. The predicted octanol–water partition coefficient (Wildman–Crippen LogP) is 1.69. The highest BCUT2D eigenvalue weighted by molar-refractivity contribution is 14.0. The van der Waals surface area contributed by atoms with Gasteiger partial charge >= 0.3 is 6.03 Å². The fraction of sp³-hybridized carbons (Fsp3) is 0.526. The van der Waals surface area contributed by atoms with E-state index < -0.39 is 0 Å². The van der Waals surface area contributed by atoms with Crippen LogP contribution in [0.25, 0.3) is 0 Å². The van der Waals surface area contributed by atoms with Gasteiger partial charge in [-0.15, -0.1) is 24.0 Å². The Morgan fingerprint density at radius 3 is 2.52 bits per heavy atom. The zero-order valence-electron chi connectivity index (χ0n) is 15.7. The molecule has 27 heavy (non-hydrogen) atoms.